The van der Waals surface area contributed by atoms with Gasteiger partial charge in [-0.25, -0.2) is 4.79 Å². The van der Waals surface area contributed by atoms with Crippen LogP contribution < -0.4 is 0 Å². The lowest BCUT2D eigenvalue weighted by molar-refractivity contribution is -0.134. The largest absolute Gasteiger partial charge is 0.475 e. The van der Waals surface area contributed by atoms with Crippen molar-refractivity contribution in [3.63, 3.8) is 0 Å². The second-order valence-corrected chi connectivity index (χ2v) is 8.12. The summed E-state index contributed by atoms with van der Waals surface area (Å²) in [6.45, 7) is 0.961. The van der Waals surface area contributed by atoms with E-state index >= 15 is 0 Å². The fraction of sp³-hybridized carbons (Fsp3) is 0.222. The molecular weight excluding hydrogens is 402 g/mol. The molecule has 1 aliphatic carbocycles. The number of amides is 1. The molecule has 0 aliphatic heterocycles. The van der Waals surface area contributed by atoms with Gasteiger partial charge in [-0.3, -0.25) is 9.59 Å². The summed E-state index contributed by atoms with van der Waals surface area (Å²) in [5.74, 6) is -2.78. The first-order valence-electron chi connectivity index (χ1n) is 10.8. The molecule has 3 aromatic carbocycles. The zero-order chi connectivity index (χ0) is 22.5. The highest BCUT2D eigenvalue weighted by Gasteiger charge is 2.33. The number of hydrogen-bond acceptors (Lipinski definition) is 3. The second kappa shape index (κ2) is 9.60. The first-order valence-corrected chi connectivity index (χ1v) is 10.8. The van der Waals surface area contributed by atoms with Crippen LogP contribution in [0, 0.1) is 0 Å². The summed E-state index contributed by atoms with van der Waals surface area (Å²) in [7, 11) is 0. The number of carbonyl (C=O) groups is 3. The molecule has 0 fully saturated rings. The van der Waals surface area contributed by atoms with E-state index in [0.717, 1.165) is 23.1 Å². The van der Waals surface area contributed by atoms with Gasteiger partial charge in [-0.15, -0.1) is 0 Å². The maximum atomic E-state index is 13.8. The van der Waals surface area contributed by atoms with Gasteiger partial charge in [-0.2, -0.15) is 0 Å². The molecule has 5 nitrogen and oxygen atoms in total. The summed E-state index contributed by atoms with van der Waals surface area (Å²) in [5.41, 5.74) is 3.76. The molecule has 0 saturated carbocycles. The average Bonchev–Trinajstić information content (AvgIpc) is 2.83. The molecule has 1 aliphatic rings. The van der Waals surface area contributed by atoms with Crippen molar-refractivity contribution >= 4 is 17.7 Å². The van der Waals surface area contributed by atoms with E-state index in [-0.39, 0.29) is 11.5 Å². The molecule has 0 aromatic heterocycles. The third-order valence-electron chi connectivity index (χ3n) is 5.99. The molecule has 3 aromatic rings. The van der Waals surface area contributed by atoms with Crippen LogP contribution in [0.1, 0.15) is 51.4 Å². The van der Waals surface area contributed by atoms with Crippen LogP contribution in [0.4, 0.5) is 0 Å². The van der Waals surface area contributed by atoms with Crippen LogP contribution in [-0.4, -0.2) is 27.7 Å². The lowest BCUT2D eigenvalue weighted by Crippen LogP contribution is -2.36. The molecule has 0 heterocycles. The highest BCUT2D eigenvalue weighted by atomic mass is 16.4. The summed E-state index contributed by atoms with van der Waals surface area (Å²) in [6.07, 6.45) is 2.01. The normalized spacial score (nSPS) is 14.9. The smallest absolute Gasteiger partial charge is 0.377 e. The fourth-order valence-electron chi connectivity index (χ4n) is 4.47. The Hall–Kier alpha value is -3.73. The zero-order valence-corrected chi connectivity index (χ0v) is 17.7. The second-order valence-electron chi connectivity index (χ2n) is 8.12. The number of Topliss-reactive ketones (excluding diaryl/α,β-unsaturated/α-hetero) is 1. The number of ketones is 1. The Morgan fingerprint density at radius 1 is 0.812 bits per heavy atom. The van der Waals surface area contributed by atoms with Crippen molar-refractivity contribution in [3.05, 3.63) is 107 Å². The minimum atomic E-state index is -1.47. The maximum absolute atomic E-state index is 13.8. The molecule has 4 rings (SSSR count). The number of benzene rings is 3. The van der Waals surface area contributed by atoms with Gasteiger partial charge in [0.05, 0.1) is 5.92 Å². The Kier molecular flexibility index (Phi) is 6.45. The van der Waals surface area contributed by atoms with Gasteiger partial charge in [0.1, 0.15) is 0 Å². The van der Waals surface area contributed by atoms with Gasteiger partial charge in [0, 0.05) is 18.7 Å². The van der Waals surface area contributed by atoms with Crippen LogP contribution in [0.5, 0.6) is 0 Å². The van der Waals surface area contributed by atoms with E-state index in [2.05, 4.69) is 0 Å². The number of hydrogen-bond donors (Lipinski definition) is 1. The standard InChI is InChI=1S/C27H25NO4/c29-25(27(31)32)23-15-7-14-22-21(23)13-8-16-24(22)26(30)28(17-19-9-3-1-4-10-19)18-20-11-5-2-6-12-20/h1-7,9-12,14-15,24H,8,13,16-18H2,(H,31,32). The molecule has 1 unspecified atom stereocenters. The van der Waals surface area contributed by atoms with Crippen LogP contribution in [0.3, 0.4) is 0 Å². The molecule has 0 spiro atoms. The van der Waals surface area contributed by atoms with Crippen LogP contribution in [0.2, 0.25) is 0 Å². The summed E-state index contributed by atoms with van der Waals surface area (Å²) in [6, 6.07) is 24.8. The number of fused-ring (bicyclic) bond motifs is 1. The number of carbonyl (C=O) groups excluding carboxylic acids is 2. The van der Waals surface area contributed by atoms with Crippen molar-refractivity contribution < 1.29 is 19.5 Å². The molecule has 1 N–H and O–H groups in total. The minimum Gasteiger partial charge on any atom is -0.475 e. The van der Waals surface area contributed by atoms with Crippen LogP contribution >= 0.6 is 0 Å². The van der Waals surface area contributed by atoms with Gasteiger partial charge in [-0.05, 0) is 41.5 Å². The molecule has 32 heavy (non-hydrogen) atoms. The Balaban J connectivity index is 1.68. The van der Waals surface area contributed by atoms with Gasteiger partial charge in [0.2, 0.25) is 5.91 Å². The Morgan fingerprint density at radius 2 is 1.41 bits per heavy atom. The van der Waals surface area contributed by atoms with E-state index in [1.807, 2.05) is 71.6 Å². The molecule has 1 atom stereocenters. The maximum Gasteiger partial charge on any atom is 0.377 e. The first kappa shape index (κ1) is 21.5. The van der Waals surface area contributed by atoms with Gasteiger partial charge >= 0.3 is 5.97 Å². The van der Waals surface area contributed by atoms with Gasteiger partial charge < -0.3 is 10.0 Å². The van der Waals surface area contributed by atoms with Crippen molar-refractivity contribution in [1.29, 1.82) is 0 Å². The SMILES string of the molecule is O=C(O)C(=O)c1cccc2c1CCCC2C(=O)N(Cc1ccccc1)Cc1ccccc1. The summed E-state index contributed by atoms with van der Waals surface area (Å²) >= 11 is 0. The van der Waals surface area contributed by atoms with Gasteiger partial charge in [0.25, 0.3) is 5.78 Å². The van der Waals surface area contributed by atoms with Gasteiger partial charge in [-0.1, -0.05) is 78.9 Å². The van der Waals surface area contributed by atoms with E-state index < -0.39 is 17.7 Å². The zero-order valence-electron chi connectivity index (χ0n) is 17.7. The molecule has 1 amide bonds. The summed E-state index contributed by atoms with van der Waals surface area (Å²) < 4.78 is 0. The Bertz CT molecular complexity index is 1080. The molecule has 0 bridgehead atoms. The highest BCUT2D eigenvalue weighted by molar-refractivity contribution is 6.40. The number of nitrogens with zero attached hydrogens (tertiary/aromatic N) is 1. The third-order valence-corrected chi connectivity index (χ3v) is 5.99. The minimum absolute atomic E-state index is 0.00131. The number of rotatable bonds is 7. The fourth-order valence-corrected chi connectivity index (χ4v) is 4.47. The highest BCUT2D eigenvalue weighted by Crippen LogP contribution is 2.35. The summed E-state index contributed by atoms with van der Waals surface area (Å²) in [5, 5.41) is 9.20. The topological polar surface area (TPSA) is 74.7 Å². The lowest BCUT2D eigenvalue weighted by Gasteiger charge is -2.32. The Morgan fingerprint density at radius 3 is 1.97 bits per heavy atom. The first-order chi connectivity index (χ1) is 15.5. The number of carboxylic acids is 1. The van der Waals surface area contributed by atoms with E-state index in [1.165, 1.54) is 0 Å². The van der Waals surface area contributed by atoms with Crippen molar-refractivity contribution in [3.8, 4) is 0 Å². The van der Waals surface area contributed by atoms with Crippen LogP contribution in [0.25, 0.3) is 0 Å². The monoisotopic (exact) mass is 427 g/mol. The molecule has 0 saturated heterocycles. The summed E-state index contributed by atoms with van der Waals surface area (Å²) in [4.78, 5) is 39.2. The van der Waals surface area contributed by atoms with E-state index in [9.17, 15) is 19.5 Å². The van der Waals surface area contributed by atoms with Crippen molar-refractivity contribution in [2.24, 2.45) is 0 Å². The average molecular weight is 428 g/mol. The predicted octanol–water partition coefficient (Wildman–Crippen LogP) is 4.60. The van der Waals surface area contributed by atoms with E-state index in [0.29, 0.717) is 31.5 Å². The van der Waals surface area contributed by atoms with Crippen molar-refractivity contribution in [1.82, 2.24) is 4.90 Å². The van der Waals surface area contributed by atoms with Crippen LogP contribution in [-0.2, 0) is 29.1 Å². The van der Waals surface area contributed by atoms with E-state index in [4.69, 9.17) is 0 Å². The van der Waals surface area contributed by atoms with Crippen molar-refractivity contribution in [2.75, 3.05) is 0 Å². The predicted molar refractivity (Wildman–Crippen MR) is 121 cm³/mol. The lowest BCUT2D eigenvalue weighted by atomic mass is 9.79. The number of carboxylic acid groups (broad SMARTS) is 1. The van der Waals surface area contributed by atoms with Crippen LogP contribution in [0.15, 0.2) is 78.9 Å². The van der Waals surface area contributed by atoms with E-state index in [1.54, 1.807) is 12.1 Å². The molecule has 162 valence electrons. The van der Waals surface area contributed by atoms with Crippen molar-refractivity contribution in [2.45, 2.75) is 38.3 Å². The third kappa shape index (κ3) is 4.62. The number of aliphatic carboxylic acids is 1. The molecular formula is C27H25NO4. The molecule has 5 heteroatoms. The quantitative estimate of drug-likeness (QED) is 0.442. The Labute approximate surface area is 187 Å². The van der Waals surface area contributed by atoms with Gasteiger partial charge in [0.15, 0.2) is 0 Å². The molecule has 0 radical (unpaired) electrons.